The average molecular weight is 538 g/mol. The standard InChI is InChI=1S/C26H27N5O4S2/c1-15-9-21(10-16(2)28-15)19-7-6-8-20(11-19)23-14-36-26(29-23)30-24(32)12-27-25(33)22-13-31(37(5,34)35)18(4)17(22)3/h6-11,13-14H,12H2,1-5H3,(H,27,33)(H,29,30,32). The van der Waals surface area contributed by atoms with Crippen LogP contribution in [0.1, 0.15) is 33.0 Å². The van der Waals surface area contributed by atoms with Gasteiger partial charge in [0.2, 0.25) is 15.9 Å². The molecule has 4 rings (SSSR count). The molecule has 0 fully saturated rings. The van der Waals surface area contributed by atoms with E-state index in [1.807, 2.05) is 55.6 Å². The maximum atomic E-state index is 12.6. The normalized spacial score (nSPS) is 11.4. The first kappa shape index (κ1) is 26.2. The number of carbonyl (C=O) groups excluding carboxylic acids is 2. The van der Waals surface area contributed by atoms with Crippen LogP contribution < -0.4 is 10.6 Å². The van der Waals surface area contributed by atoms with Gasteiger partial charge >= 0.3 is 0 Å². The number of rotatable bonds is 7. The highest BCUT2D eigenvalue weighted by Crippen LogP contribution is 2.29. The molecule has 0 bridgehead atoms. The lowest BCUT2D eigenvalue weighted by molar-refractivity contribution is -0.115. The lowest BCUT2D eigenvalue weighted by Gasteiger charge is -2.07. The zero-order valence-electron chi connectivity index (χ0n) is 21.1. The molecule has 3 heterocycles. The third-order valence-corrected chi connectivity index (χ3v) is 7.71. The number of pyridine rings is 1. The number of nitrogens with one attached hydrogen (secondary N) is 2. The van der Waals surface area contributed by atoms with Gasteiger partial charge in [-0.05, 0) is 62.6 Å². The molecule has 0 unspecified atom stereocenters. The first-order chi connectivity index (χ1) is 17.4. The Hall–Kier alpha value is -3.83. The van der Waals surface area contributed by atoms with Crippen molar-refractivity contribution in [2.45, 2.75) is 27.7 Å². The third-order valence-electron chi connectivity index (χ3n) is 5.86. The molecule has 37 heavy (non-hydrogen) atoms. The van der Waals surface area contributed by atoms with Gasteiger partial charge in [-0.1, -0.05) is 18.2 Å². The highest BCUT2D eigenvalue weighted by Gasteiger charge is 2.20. The molecule has 4 aromatic rings. The summed E-state index contributed by atoms with van der Waals surface area (Å²) < 4.78 is 24.8. The smallest absolute Gasteiger partial charge is 0.253 e. The Kier molecular flexibility index (Phi) is 7.28. The average Bonchev–Trinajstić information content (AvgIpc) is 3.41. The SMILES string of the molecule is Cc1cc(-c2cccc(-c3csc(NC(=O)CNC(=O)c4cn(S(C)(=O)=O)c(C)c4C)n3)c2)cc(C)n1. The number of carbonyl (C=O) groups is 2. The van der Waals surface area contributed by atoms with E-state index in [4.69, 9.17) is 0 Å². The topological polar surface area (TPSA) is 123 Å². The number of benzene rings is 1. The van der Waals surface area contributed by atoms with Gasteiger partial charge in [-0.2, -0.15) is 0 Å². The van der Waals surface area contributed by atoms with Crippen molar-refractivity contribution in [2.75, 3.05) is 18.1 Å². The van der Waals surface area contributed by atoms with E-state index in [0.717, 1.165) is 44.0 Å². The van der Waals surface area contributed by atoms with Gasteiger partial charge in [-0.15, -0.1) is 11.3 Å². The van der Waals surface area contributed by atoms with Crippen molar-refractivity contribution in [3.8, 4) is 22.4 Å². The lowest BCUT2D eigenvalue weighted by Crippen LogP contribution is -2.33. The van der Waals surface area contributed by atoms with E-state index < -0.39 is 21.8 Å². The number of aryl methyl sites for hydroxylation is 2. The van der Waals surface area contributed by atoms with E-state index >= 15 is 0 Å². The molecule has 0 saturated heterocycles. The summed E-state index contributed by atoms with van der Waals surface area (Å²) in [6, 6.07) is 12.1. The molecule has 2 N–H and O–H groups in total. The number of thiazole rings is 1. The Morgan fingerprint density at radius 2 is 1.65 bits per heavy atom. The summed E-state index contributed by atoms with van der Waals surface area (Å²) in [5, 5.41) is 7.50. The first-order valence-electron chi connectivity index (χ1n) is 11.4. The Morgan fingerprint density at radius 1 is 0.973 bits per heavy atom. The molecular weight excluding hydrogens is 510 g/mol. The number of anilines is 1. The molecule has 0 saturated carbocycles. The van der Waals surface area contributed by atoms with Crippen molar-refractivity contribution in [1.82, 2.24) is 19.3 Å². The first-order valence-corrected chi connectivity index (χ1v) is 14.1. The van der Waals surface area contributed by atoms with Gasteiger partial charge in [0.05, 0.1) is 24.1 Å². The molecule has 0 spiro atoms. The molecule has 11 heteroatoms. The van der Waals surface area contributed by atoms with Crippen LogP contribution >= 0.6 is 11.3 Å². The van der Waals surface area contributed by atoms with E-state index in [-0.39, 0.29) is 12.1 Å². The van der Waals surface area contributed by atoms with Crippen molar-refractivity contribution in [3.63, 3.8) is 0 Å². The summed E-state index contributed by atoms with van der Waals surface area (Å²) in [4.78, 5) is 34.0. The molecule has 0 aliphatic carbocycles. The maximum absolute atomic E-state index is 12.6. The Balaban J connectivity index is 1.41. The van der Waals surface area contributed by atoms with Crippen LogP contribution in [0.5, 0.6) is 0 Å². The van der Waals surface area contributed by atoms with Crippen LogP contribution in [-0.4, -0.2) is 47.0 Å². The molecule has 0 radical (unpaired) electrons. The van der Waals surface area contributed by atoms with Crippen LogP contribution in [-0.2, 0) is 14.8 Å². The Bertz CT molecular complexity index is 1600. The number of hydrogen-bond acceptors (Lipinski definition) is 7. The number of amides is 2. The van der Waals surface area contributed by atoms with Crippen LogP contribution in [0, 0.1) is 27.7 Å². The lowest BCUT2D eigenvalue weighted by atomic mass is 10.0. The van der Waals surface area contributed by atoms with Crippen molar-refractivity contribution in [1.29, 1.82) is 0 Å². The number of hydrogen-bond donors (Lipinski definition) is 2. The maximum Gasteiger partial charge on any atom is 0.253 e. The fraction of sp³-hybridized carbons (Fsp3) is 0.231. The molecule has 0 aliphatic heterocycles. The van der Waals surface area contributed by atoms with Crippen molar-refractivity contribution in [2.24, 2.45) is 0 Å². The molecule has 0 aliphatic rings. The minimum Gasteiger partial charge on any atom is -0.343 e. The summed E-state index contributed by atoms with van der Waals surface area (Å²) >= 11 is 1.28. The van der Waals surface area contributed by atoms with Crippen LogP contribution in [0.25, 0.3) is 22.4 Å². The second-order valence-electron chi connectivity index (χ2n) is 8.80. The van der Waals surface area contributed by atoms with Gasteiger partial charge in [-0.3, -0.25) is 14.6 Å². The van der Waals surface area contributed by atoms with Gasteiger partial charge < -0.3 is 10.6 Å². The summed E-state index contributed by atoms with van der Waals surface area (Å²) in [5.41, 5.74) is 6.84. The van der Waals surface area contributed by atoms with Gasteiger partial charge in [0, 0.05) is 34.2 Å². The van der Waals surface area contributed by atoms with Gasteiger partial charge in [-0.25, -0.2) is 17.4 Å². The number of aromatic nitrogens is 3. The monoisotopic (exact) mass is 537 g/mol. The van der Waals surface area contributed by atoms with Gasteiger partial charge in [0.15, 0.2) is 5.13 Å². The molecule has 192 valence electrons. The molecule has 0 atom stereocenters. The Labute approximate surface area is 219 Å². The quantitative estimate of drug-likeness (QED) is 0.366. The van der Waals surface area contributed by atoms with Crippen LogP contribution in [0.3, 0.4) is 0 Å². The summed E-state index contributed by atoms with van der Waals surface area (Å²) in [6.45, 7) is 6.93. The largest absolute Gasteiger partial charge is 0.343 e. The van der Waals surface area contributed by atoms with E-state index in [1.54, 1.807) is 13.8 Å². The third kappa shape index (κ3) is 5.95. The summed E-state index contributed by atoms with van der Waals surface area (Å²) in [7, 11) is -3.54. The highest BCUT2D eigenvalue weighted by molar-refractivity contribution is 7.89. The van der Waals surface area contributed by atoms with Gasteiger partial charge in [0.1, 0.15) is 0 Å². The van der Waals surface area contributed by atoms with Gasteiger partial charge in [0.25, 0.3) is 5.91 Å². The second kappa shape index (κ2) is 10.3. The van der Waals surface area contributed by atoms with E-state index in [1.165, 1.54) is 17.5 Å². The Morgan fingerprint density at radius 3 is 2.30 bits per heavy atom. The van der Waals surface area contributed by atoms with E-state index in [9.17, 15) is 18.0 Å². The zero-order valence-corrected chi connectivity index (χ0v) is 22.8. The van der Waals surface area contributed by atoms with Crippen molar-refractivity contribution >= 4 is 38.3 Å². The van der Waals surface area contributed by atoms with Crippen molar-refractivity contribution < 1.29 is 18.0 Å². The van der Waals surface area contributed by atoms with E-state index in [2.05, 4.69) is 20.6 Å². The number of nitrogens with zero attached hydrogens (tertiary/aromatic N) is 3. The second-order valence-corrected chi connectivity index (χ2v) is 11.5. The van der Waals surface area contributed by atoms with Crippen LogP contribution in [0.4, 0.5) is 5.13 Å². The van der Waals surface area contributed by atoms with E-state index in [0.29, 0.717) is 16.4 Å². The zero-order chi connectivity index (χ0) is 26.9. The predicted molar refractivity (Wildman–Crippen MR) is 145 cm³/mol. The fourth-order valence-electron chi connectivity index (χ4n) is 3.99. The highest BCUT2D eigenvalue weighted by atomic mass is 32.2. The molecular formula is C26H27N5O4S2. The fourth-order valence-corrected chi connectivity index (χ4v) is 5.65. The molecule has 3 aromatic heterocycles. The molecule has 9 nitrogen and oxygen atoms in total. The van der Waals surface area contributed by atoms with Crippen LogP contribution in [0.15, 0.2) is 48.0 Å². The molecule has 1 aromatic carbocycles. The molecule has 2 amide bonds. The summed E-state index contributed by atoms with van der Waals surface area (Å²) in [5.74, 6) is -0.973. The minimum atomic E-state index is -3.54. The summed E-state index contributed by atoms with van der Waals surface area (Å²) in [6.07, 6.45) is 2.33. The van der Waals surface area contributed by atoms with Crippen LogP contribution in [0.2, 0.25) is 0 Å². The minimum absolute atomic E-state index is 0.201. The predicted octanol–water partition coefficient (Wildman–Crippen LogP) is 4.08. The van der Waals surface area contributed by atoms with Crippen molar-refractivity contribution in [3.05, 3.63) is 76.2 Å².